The first kappa shape index (κ1) is 20.4. The number of halogens is 4. The average molecular weight is 389 g/mol. The molecule has 0 atom stereocenters. The summed E-state index contributed by atoms with van der Waals surface area (Å²) >= 11 is 0. The number of nitrogens with zero attached hydrogens (tertiary/aromatic N) is 1. The van der Waals surface area contributed by atoms with Crippen LogP contribution in [0.1, 0.15) is 21.7 Å². The first-order valence-electron chi connectivity index (χ1n) is 7.59. The van der Waals surface area contributed by atoms with Gasteiger partial charge in [-0.15, -0.1) is 0 Å². The molecule has 0 bridgehead atoms. The highest BCUT2D eigenvalue weighted by atomic mass is 19.4. The molecule has 1 aromatic heterocycles. The molecule has 6 nitrogen and oxygen atoms in total. The molecule has 1 aliphatic rings. The van der Waals surface area contributed by atoms with Gasteiger partial charge in [0.05, 0.1) is 18.4 Å². The van der Waals surface area contributed by atoms with Crippen molar-refractivity contribution in [2.45, 2.75) is 18.4 Å². The van der Waals surface area contributed by atoms with E-state index in [1.807, 2.05) is 17.0 Å². The molecule has 1 fully saturated rings. The second-order valence-corrected chi connectivity index (χ2v) is 5.88. The maximum absolute atomic E-state index is 14.6. The van der Waals surface area contributed by atoms with Crippen LogP contribution in [0.5, 0.6) is 0 Å². The Morgan fingerprint density at radius 1 is 1.11 bits per heavy atom. The van der Waals surface area contributed by atoms with Crippen molar-refractivity contribution in [1.82, 2.24) is 4.90 Å². The zero-order valence-electron chi connectivity index (χ0n) is 13.7. The van der Waals surface area contributed by atoms with Gasteiger partial charge in [-0.2, -0.15) is 13.2 Å². The number of benzene rings is 1. The van der Waals surface area contributed by atoms with E-state index in [0.29, 0.717) is 25.2 Å². The molecule has 3 rings (SSSR count). The second-order valence-electron chi connectivity index (χ2n) is 5.88. The SMILES string of the molecule is O=C(O)C(F)(F)F.O=C(O)c1ccc(C2(F)CN(Cc3ccco3)C2)cc1. The Morgan fingerprint density at radius 2 is 1.67 bits per heavy atom. The molecule has 1 aromatic carbocycles. The highest BCUT2D eigenvalue weighted by molar-refractivity contribution is 5.87. The summed E-state index contributed by atoms with van der Waals surface area (Å²) < 4.78 is 51.6. The number of alkyl halides is 4. The van der Waals surface area contributed by atoms with Crippen molar-refractivity contribution < 1.29 is 41.8 Å². The molecule has 0 spiro atoms. The fraction of sp³-hybridized carbons (Fsp3) is 0.294. The molecule has 0 aliphatic carbocycles. The molecule has 2 aromatic rings. The molecule has 146 valence electrons. The van der Waals surface area contributed by atoms with Gasteiger partial charge in [0.1, 0.15) is 5.76 Å². The number of carbonyl (C=O) groups is 2. The van der Waals surface area contributed by atoms with Crippen LogP contribution in [0, 0.1) is 0 Å². The van der Waals surface area contributed by atoms with Gasteiger partial charge in [-0.1, -0.05) is 12.1 Å². The van der Waals surface area contributed by atoms with Gasteiger partial charge in [-0.05, 0) is 29.8 Å². The van der Waals surface area contributed by atoms with Crippen LogP contribution in [-0.2, 0) is 17.0 Å². The molecule has 1 saturated heterocycles. The monoisotopic (exact) mass is 389 g/mol. The quantitative estimate of drug-likeness (QED) is 0.780. The fourth-order valence-corrected chi connectivity index (χ4v) is 2.49. The number of carboxylic acids is 2. The van der Waals surface area contributed by atoms with E-state index in [4.69, 9.17) is 19.4 Å². The third-order valence-corrected chi connectivity index (χ3v) is 3.80. The van der Waals surface area contributed by atoms with Crippen molar-refractivity contribution in [2.24, 2.45) is 0 Å². The van der Waals surface area contributed by atoms with Gasteiger partial charge < -0.3 is 14.6 Å². The van der Waals surface area contributed by atoms with Gasteiger partial charge in [0.15, 0.2) is 5.67 Å². The van der Waals surface area contributed by atoms with Crippen molar-refractivity contribution in [1.29, 1.82) is 0 Å². The predicted octanol–water partition coefficient (Wildman–Crippen LogP) is 3.29. The van der Waals surface area contributed by atoms with Crippen LogP contribution in [0.3, 0.4) is 0 Å². The average Bonchev–Trinajstić information content (AvgIpc) is 3.06. The first-order valence-corrected chi connectivity index (χ1v) is 7.59. The summed E-state index contributed by atoms with van der Waals surface area (Å²) in [6.07, 6.45) is -3.48. The second kappa shape index (κ2) is 7.78. The first-order chi connectivity index (χ1) is 12.5. The third kappa shape index (κ3) is 5.30. The molecule has 0 amide bonds. The Balaban J connectivity index is 0.000000321. The Labute approximate surface area is 150 Å². The molecular formula is C17H15F4NO5. The van der Waals surface area contributed by atoms with E-state index in [0.717, 1.165) is 5.76 Å². The van der Waals surface area contributed by atoms with Gasteiger partial charge >= 0.3 is 18.1 Å². The van der Waals surface area contributed by atoms with E-state index in [1.165, 1.54) is 12.1 Å². The van der Waals surface area contributed by atoms with E-state index in [-0.39, 0.29) is 5.56 Å². The highest BCUT2D eigenvalue weighted by Gasteiger charge is 2.45. The molecular weight excluding hydrogens is 374 g/mol. The third-order valence-electron chi connectivity index (χ3n) is 3.80. The maximum Gasteiger partial charge on any atom is 0.490 e. The number of aromatic carboxylic acids is 1. The topological polar surface area (TPSA) is 91.0 Å². The summed E-state index contributed by atoms with van der Waals surface area (Å²) in [6.45, 7) is 1.17. The molecule has 2 heterocycles. The van der Waals surface area contributed by atoms with Crippen molar-refractivity contribution in [3.63, 3.8) is 0 Å². The van der Waals surface area contributed by atoms with Crippen LogP contribution >= 0.6 is 0 Å². The van der Waals surface area contributed by atoms with Crippen molar-refractivity contribution >= 4 is 11.9 Å². The van der Waals surface area contributed by atoms with Gasteiger partial charge in [0.25, 0.3) is 0 Å². The molecule has 0 saturated carbocycles. The summed E-state index contributed by atoms with van der Waals surface area (Å²) in [6, 6.07) is 9.64. The standard InChI is InChI=1S/C15H14FNO3.C2HF3O2/c16-15(12-5-3-11(4-6-12)14(18)19)9-17(10-15)8-13-2-1-7-20-13;3-2(4,5)1(6)7/h1-7H,8-10H2,(H,18,19);(H,6,7). The van der Waals surface area contributed by atoms with E-state index >= 15 is 0 Å². The largest absolute Gasteiger partial charge is 0.490 e. The van der Waals surface area contributed by atoms with Gasteiger partial charge in [0, 0.05) is 13.1 Å². The van der Waals surface area contributed by atoms with E-state index in [9.17, 15) is 22.4 Å². The van der Waals surface area contributed by atoms with Crippen LogP contribution in [0.15, 0.2) is 47.1 Å². The van der Waals surface area contributed by atoms with Crippen LogP contribution in [0.2, 0.25) is 0 Å². The number of likely N-dealkylation sites (tertiary alicyclic amines) is 1. The lowest BCUT2D eigenvalue weighted by Crippen LogP contribution is -2.55. The molecule has 10 heteroatoms. The number of carboxylic acid groups (broad SMARTS) is 2. The zero-order valence-corrected chi connectivity index (χ0v) is 13.7. The summed E-state index contributed by atoms with van der Waals surface area (Å²) in [4.78, 5) is 21.6. The molecule has 2 N–H and O–H groups in total. The Morgan fingerprint density at radius 3 is 2.07 bits per heavy atom. The Kier molecular flexibility index (Phi) is 5.89. The number of hydrogen-bond donors (Lipinski definition) is 2. The van der Waals surface area contributed by atoms with Gasteiger partial charge in [0.2, 0.25) is 0 Å². The Hall–Kier alpha value is -2.88. The number of rotatable bonds is 4. The number of hydrogen-bond acceptors (Lipinski definition) is 4. The number of aliphatic carboxylic acids is 1. The Bertz CT molecular complexity index is 781. The van der Waals surface area contributed by atoms with Crippen molar-refractivity contribution in [2.75, 3.05) is 13.1 Å². The fourth-order valence-electron chi connectivity index (χ4n) is 2.49. The van der Waals surface area contributed by atoms with Gasteiger partial charge in [-0.25, -0.2) is 14.0 Å². The zero-order chi connectivity index (χ0) is 20.2. The van der Waals surface area contributed by atoms with Crippen LogP contribution < -0.4 is 0 Å². The highest BCUT2D eigenvalue weighted by Crippen LogP contribution is 2.37. The minimum Gasteiger partial charge on any atom is -0.478 e. The lowest BCUT2D eigenvalue weighted by Gasteiger charge is -2.44. The van der Waals surface area contributed by atoms with Crippen LogP contribution in [-0.4, -0.2) is 46.3 Å². The van der Waals surface area contributed by atoms with Crippen molar-refractivity contribution in [3.05, 3.63) is 59.5 Å². The van der Waals surface area contributed by atoms with E-state index in [1.54, 1.807) is 18.4 Å². The predicted molar refractivity (Wildman–Crippen MR) is 83.9 cm³/mol. The summed E-state index contributed by atoms with van der Waals surface area (Å²) in [7, 11) is 0. The maximum atomic E-state index is 14.6. The molecule has 0 radical (unpaired) electrons. The lowest BCUT2D eigenvalue weighted by atomic mass is 9.87. The molecule has 0 unspecified atom stereocenters. The normalized spacial score (nSPS) is 16.0. The van der Waals surface area contributed by atoms with Crippen LogP contribution in [0.25, 0.3) is 0 Å². The summed E-state index contributed by atoms with van der Waals surface area (Å²) in [5, 5.41) is 15.9. The minimum atomic E-state index is -5.08. The summed E-state index contributed by atoms with van der Waals surface area (Å²) in [5.74, 6) is -2.95. The minimum absolute atomic E-state index is 0.170. The molecule has 1 aliphatic heterocycles. The summed E-state index contributed by atoms with van der Waals surface area (Å²) in [5.41, 5.74) is -0.703. The van der Waals surface area contributed by atoms with Crippen LogP contribution in [0.4, 0.5) is 17.6 Å². The van der Waals surface area contributed by atoms with E-state index < -0.39 is 23.8 Å². The lowest BCUT2D eigenvalue weighted by molar-refractivity contribution is -0.192. The number of furan rings is 1. The van der Waals surface area contributed by atoms with E-state index in [2.05, 4.69) is 0 Å². The van der Waals surface area contributed by atoms with Crippen molar-refractivity contribution in [3.8, 4) is 0 Å². The molecule has 27 heavy (non-hydrogen) atoms. The van der Waals surface area contributed by atoms with Gasteiger partial charge in [-0.3, -0.25) is 4.90 Å². The smallest absolute Gasteiger partial charge is 0.478 e.